The molecule has 1 N–H and O–H groups in total. The second-order valence-electron chi connectivity index (χ2n) is 4.65. The SMILES string of the molecule is CC(C)c1noc(CCNc2ccccc2[N+](=O)[O-])n1. The molecule has 0 aliphatic carbocycles. The summed E-state index contributed by atoms with van der Waals surface area (Å²) >= 11 is 0. The molecule has 1 aromatic carbocycles. The van der Waals surface area contributed by atoms with E-state index in [1.54, 1.807) is 18.2 Å². The van der Waals surface area contributed by atoms with Gasteiger partial charge in [-0.1, -0.05) is 31.1 Å². The van der Waals surface area contributed by atoms with Gasteiger partial charge in [-0.3, -0.25) is 10.1 Å². The number of benzene rings is 1. The van der Waals surface area contributed by atoms with Crippen LogP contribution in [0.4, 0.5) is 11.4 Å². The van der Waals surface area contributed by atoms with Crippen molar-refractivity contribution in [3.8, 4) is 0 Å². The summed E-state index contributed by atoms with van der Waals surface area (Å²) in [7, 11) is 0. The molecule has 2 aromatic rings. The molecule has 1 heterocycles. The number of anilines is 1. The second-order valence-corrected chi connectivity index (χ2v) is 4.65. The first-order valence-corrected chi connectivity index (χ1v) is 6.37. The molecule has 106 valence electrons. The third-order valence-corrected chi connectivity index (χ3v) is 2.76. The highest BCUT2D eigenvalue weighted by molar-refractivity contribution is 5.61. The summed E-state index contributed by atoms with van der Waals surface area (Å²) in [5.74, 6) is 1.42. The van der Waals surface area contributed by atoms with E-state index in [4.69, 9.17) is 4.52 Å². The van der Waals surface area contributed by atoms with Gasteiger partial charge in [0.2, 0.25) is 5.89 Å². The molecule has 1 aromatic heterocycles. The number of rotatable bonds is 6. The molecule has 2 rings (SSSR count). The predicted molar refractivity (Wildman–Crippen MR) is 73.7 cm³/mol. The Labute approximate surface area is 116 Å². The first-order chi connectivity index (χ1) is 9.58. The van der Waals surface area contributed by atoms with Gasteiger partial charge in [0, 0.05) is 24.9 Å². The van der Waals surface area contributed by atoms with Gasteiger partial charge in [0.15, 0.2) is 5.82 Å². The Morgan fingerprint density at radius 3 is 2.80 bits per heavy atom. The van der Waals surface area contributed by atoms with Crippen LogP contribution in [0.25, 0.3) is 0 Å². The molecule has 0 atom stereocenters. The van der Waals surface area contributed by atoms with Crippen molar-refractivity contribution in [2.75, 3.05) is 11.9 Å². The Hall–Kier alpha value is -2.44. The maximum absolute atomic E-state index is 10.9. The Kier molecular flexibility index (Phi) is 4.29. The lowest BCUT2D eigenvalue weighted by Gasteiger charge is -2.04. The van der Waals surface area contributed by atoms with Crippen LogP contribution in [0.5, 0.6) is 0 Å². The van der Waals surface area contributed by atoms with Crippen LogP contribution in [0.2, 0.25) is 0 Å². The molecule has 0 saturated heterocycles. The first-order valence-electron chi connectivity index (χ1n) is 6.37. The number of nitrogens with zero attached hydrogens (tertiary/aromatic N) is 3. The van der Waals surface area contributed by atoms with Crippen molar-refractivity contribution < 1.29 is 9.45 Å². The fourth-order valence-electron chi connectivity index (χ4n) is 1.69. The van der Waals surface area contributed by atoms with Crippen LogP contribution in [0.15, 0.2) is 28.8 Å². The Morgan fingerprint density at radius 2 is 2.15 bits per heavy atom. The summed E-state index contributed by atoms with van der Waals surface area (Å²) in [5.41, 5.74) is 0.544. The molecular formula is C13H16N4O3. The second kappa shape index (κ2) is 6.14. The lowest BCUT2D eigenvalue weighted by Crippen LogP contribution is -2.07. The minimum absolute atomic E-state index is 0.0564. The number of hydrogen-bond acceptors (Lipinski definition) is 6. The summed E-state index contributed by atoms with van der Waals surface area (Å²) in [6.45, 7) is 4.46. The molecule has 7 heteroatoms. The zero-order chi connectivity index (χ0) is 14.5. The summed E-state index contributed by atoms with van der Waals surface area (Å²) in [6, 6.07) is 6.52. The van der Waals surface area contributed by atoms with Gasteiger partial charge >= 0.3 is 0 Å². The monoisotopic (exact) mass is 276 g/mol. The van der Waals surface area contributed by atoms with Gasteiger partial charge in [0.1, 0.15) is 5.69 Å². The minimum Gasteiger partial charge on any atom is -0.379 e. The number of nitro groups is 1. The summed E-state index contributed by atoms with van der Waals surface area (Å²) in [5, 5.41) is 17.7. The average Bonchev–Trinajstić information content (AvgIpc) is 2.88. The highest BCUT2D eigenvalue weighted by atomic mass is 16.6. The zero-order valence-corrected chi connectivity index (χ0v) is 11.4. The number of nitro benzene ring substituents is 1. The van der Waals surface area contributed by atoms with Crippen LogP contribution in [0, 0.1) is 10.1 Å². The predicted octanol–water partition coefficient (Wildman–Crippen LogP) is 2.76. The van der Waals surface area contributed by atoms with E-state index in [-0.39, 0.29) is 11.6 Å². The van der Waals surface area contributed by atoms with Crippen LogP contribution >= 0.6 is 0 Å². The summed E-state index contributed by atoms with van der Waals surface area (Å²) in [6.07, 6.45) is 0.520. The van der Waals surface area contributed by atoms with E-state index in [1.165, 1.54) is 6.07 Å². The number of aromatic nitrogens is 2. The maximum Gasteiger partial charge on any atom is 0.292 e. The largest absolute Gasteiger partial charge is 0.379 e. The molecule has 0 fully saturated rings. The quantitative estimate of drug-likeness (QED) is 0.644. The third kappa shape index (κ3) is 3.31. The normalized spacial score (nSPS) is 10.8. The van der Waals surface area contributed by atoms with E-state index in [0.717, 1.165) is 0 Å². The van der Waals surface area contributed by atoms with Gasteiger partial charge in [-0.15, -0.1) is 0 Å². The van der Waals surface area contributed by atoms with Crippen LogP contribution in [-0.2, 0) is 6.42 Å². The van der Waals surface area contributed by atoms with Gasteiger partial charge in [-0.25, -0.2) is 0 Å². The molecule has 20 heavy (non-hydrogen) atoms. The molecule has 0 aliphatic heterocycles. The first kappa shape index (κ1) is 14.0. The van der Waals surface area contributed by atoms with E-state index in [9.17, 15) is 10.1 Å². The Morgan fingerprint density at radius 1 is 1.40 bits per heavy atom. The topological polar surface area (TPSA) is 94.1 Å². The van der Waals surface area contributed by atoms with Gasteiger partial charge in [-0.05, 0) is 6.07 Å². The summed E-state index contributed by atoms with van der Waals surface area (Å²) < 4.78 is 5.11. The standard InChI is InChI=1S/C13H16N4O3/c1-9(2)13-15-12(20-16-13)7-8-14-10-5-3-4-6-11(10)17(18)19/h3-6,9,14H,7-8H2,1-2H3. The van der Waals surface area contributed by atoms with Crippen molar-refractivity contribution in [1.82, 2.24) is 10.1 Å². The molecule has 0 spiro atoms. The zero-order valence-electron chi connectivity index (χ0n) is 11.4. The molecule has 0 amide bonds. The van der Waals surface area contributed by atoms with Crippen LogP contribution in [0.1, 0.15) is 31.5 Å². The molecule has 0 aliphatic rings. The van der Waals surface area contributed by atoms with E-state index in [0.29, 0.717) is 30.4 Å². The molecule has 0 unspecified atom stereocenters. The van der Waals surface area contributed by atoms with Gasteiger partial charge in [-0.2, -0.15) is 4.98 Å². The van der Waals surface area contributed by atoms with Crippen molar-refractivity contribution >= 4 is 11.4 Å². The Bertz CT molecular complexity index is 595. The van der Waals surface area contributed by atoms with Crippen molar-refractivity contribution in [3.05, 3.63) is 46.1 Å². The molecule has 0 saturated carbocycles. The fraction of sp³-hybridized carbons (Fsp3) is 0.385. The van der Waals surface area contributed by atoms with Crippen LogP contribution in [0.3, 0.4) is 0 Å². The van der Waals surface area contributed by atoms with E-state index >= 15 is 0 Å². The lowest BCUT2D eigenvalue weighted by molar-refractivity contribution is -0.384. The van der Waals surface area contributed by atoms with Crippen LogP contribution < -0.4 is 5.32 Å². The van der Waals surface area contributed by atoms with Crippen molar-refractivity contribution in [2.24, 2.45) is 0 Å². The van der Waals surface area contributed by atoms with Gasteiger partial charge in [0.25, 0.3) is 5.69 Å². The summed E-state index contributed by atoms with van der Waals surface area (Å²) in [4.78, 5) is 14.7. The Balaban J connectivity index is 1.94. The lowest BCUT2D eigenvalue weighted by atomic mass is 10.2. The number of para-hydroxylation sites is 2. The van der Waals surface area contributed by atoms with Crippen molar-refractivity contribution in [2.45, 2.75) is 26.2 Å². The number of hydrogen-bond donors (Lipinski definition) is 1. The van der Waals surface area contributed by atoms with E-state index < -0.39 is 4.92 Å². The average molecular weight is 276 g/mol. The smallest absolute Gasteiger partial charge is 0.292 e. The molecular weight excluding hydrogens is 260 g/mol. The van der Waals surface area contributed by atoms with Crippen LogP contribution in [-0.4, -0.2) is 21.6 Å². The maximum atomic E-state index is 10.9. The highest BCUT2D eigenvalue weighted by Crippen LogP contribution is 2.22. The third-order valence-electron chi connectivity index (χ3n) is 2.76. The fourth-order valence-corrected chi connectivity index (χ4v) is 1.69. The van der Waals surface area contributed by atoms with E-state index in [2.05, 4.69) is 15.5 Å². The van der Waals surface area contributed by atoms with Gasteiger partial charge in [0.05, 0.1) is 4.92 Å². The minimum atomic E-state index is -0.411. The van der Waals surface area contributed by atoms with Crippen molar-refractivity contribution in [1.29, 1.82) is 0 Å². The molecule has 7 nitrogen and oxygen atoms in total. The number of nitrogens with one attached hydrogen (secondary N) is 1. The highest BCUT2D eigenvalue weighted by Gasteiger charge is 2.13. The van der Waals surface area contributed by atoms with E-state index in [1.807, 2.05) is 13.8 Å². The molecule has 0 bridgehead atoms. The van der Waals surface area contributed by atoms with Gasteiger partial charge < -0.3 is 9.84 Å². The van der Waals surface area contributed by atoms with Crippen molar-refractivity contribution in [3.63, 3.8) is 0 Å². The molecule has 0 radical (unpaired) electrons.